The van der Waals surface area contributed by atoms with Crippen molar-refractivity contribution >= 4 is 0 Å². The third-order valence-electron chi connectivity index (χ3n) is 3.73. The molecule has 1 aromatic carbocycles. The summed E-state index contributed by atoms with van der Waals surface area (Å²) in [5.74, 6) is 7.71. The smallest absolute Gasteiger partial charge is 0.127 e. The number of hydrogen-bond acceptors (Lipinski definition) is 5. The van der Waals surface area contributed by atoms with Gasteiger partial charge in [-0.25, -0.2) is 0 Å². The molecule has 19 heavy (non-hydrogen) atoms. The van der Waals surface area contributed by atoms with Crippen LogP contribution >= 0.6 is 0 Å². The molecule has 1 fully saturated rings. The van der Waals surface area contributed by atoms with Gasteiger partial charge in [0.25, 0.3) is 0 Å². The van der Waals surface area contributed by atoms with Crippen LogP contribution in [-0.4, -0.2) is 26.9 Å². The topological polar surface area (TPSA) is 65.7 Å². The van der Waals surface area contributed by atoms with Crippen LogP contribution in [0.2, 0.25) is 0 Å². The Morgan fingerprint density at radius 1 is 1.37 bits per heavy atom. The number of nitrogens with two attached hydrogens (primary N) is 1. The summed E-state index contributed by atoms with van der Waals surface area (Å²) in [7, 11) is 3.28. The molecule has 3 atom stereocenters. The van der Waals surface area contributed by atoms with Gasteiger partial charge < -0.3 is 14.2 Å². The van der Waals surface area contributed by atoms with Gasteiger partial charge >= 0.3 is 0 Å². The largest absolute Gasteiger partial charge is 0.497 e. The van der Waals surface area contributed by atoms with Gasteiger partial charge in [0, 0.05) is 18.2 Å². The molecule has 1 aliphatic heterocycles. The van der Waals surface area contributed by atoms with Crippen molar-refractivity contribution in [3.63, 3.8) is 0 Å². The first-order valence-electron chi connectivity index (χ1n) is 6.51. The van der Waals surface area contributed by atoms with Crippen molar-refractivity contribution in [2.24, 2.45) is 11.8 Å². The molecule has 0 amide bonds. The highest BCUT2D eigenvalue weighted by atomic mass is 16.5. The van der Waals surface area contributed by atoms with Gasteiger partial charge in [-0.1, -0.05) is 6.92 Å². The van der Waals surface area contributed by atoms with Crippen molar-refractivity contribution < 1.29 is 14.2 Å². The lowest BCUT2D eigenvalue weighted by Crippen LogP contribution is -2.38. The van der Waals surface area contributed by atoms with E-state index >= 15 is 0 Å². The van der Waals surface area contributed by atoms with Crippen molar-refractivity contribution in [3.05, 3.63) is 23.8 Å². The van der Waals surface area contributed by atoms with Crippen LogP contribution in [0.5, 0.6) is 11.5 Å². The summed E-state index contributed by atoms with van der Waals surface area (Å²) in [4.78, 5) is 0. The van der Waals surface area contributed by atoms with Crippen molar-refractivity contribution in [3.8, 4) is 11.5 Å². The lowest BCUT2D eigenvalue weighted by atomic mass is 9.92. The first kappa shape index (κ1) is 14.1. The third kappa shape index (κ3) is 2.83. The van der Waals surface area contributed by atoms with E-state index in [9.17, 15) is 0 Å². The van der Waals surface area contributed by atoms with E-state index in [1.165, 1.54) is 0 Å². The van der Waals surface area contributed by atoms with Crippen LogP contribution in [0.3, 0.4) is 0 Å². The van der Waals surface area contributed by atoms with Crippen LogP contribution in [0.15, 0.2) is 18.2 Å². The van der Waals surface area contributed by atoms with Gasteiger partial charge in [0.15, 0.2) is 0 Å². The highest BCUT2D eigenvalue weighted by Crippen LogP contribution is 2.36. The predicted molar refractivity (Wildman–Crippen MR) is 73.1 cm³/mol. The summed E-state index contributed by atoms with van der Waals surface area (Å²) in [5, 5.41) is 0. The van der Waals surface area contributed by atoms with Crippen molar-refractivity contribution in [1.29, 1.82) is 0 Å². The number of methoxy groups -OCH3 is 2. The van der Waals surface area contributed by atoms with Gasteiger partial charge in [0.05, 0.1) is 26.4 Å². The zero-order chi connectivity index (χ0) is 13.8. The fraction of sp³-hybridized carbons (Fsp3) is 0.571. The average Bonchev–Trinajstić information content (AvgIpc) is 2.86. The first-order chi connectivity index (χ1) is 9.21. The van der Waals surface area contributed by atoms with Crippen LogP contribution in [-0.2, 0) is 4.74 Å². The summed E-state index contributed by atoms with van der Waals surface area (Å²) in [5.41, 5.74) is 3.85. The molecule has 106 valence electrons. The average molecular weight is 266 g/mol. The highest BCUT2D eigenvalue weighted by Gasteiger charge is 2.34. The number of ether oxygens (including phenoxy) is 3. The minimum atomic E-state index is -0.0849. The Hall–Kier alpha value is -1.30. The van der Waals surface area contributed by atoms with Gasteiger partial charge in [-0.3, -0.25) is 11.3 Å². The lowest BCUT2D eigenvalue weighted by Gasteiger charge is -2.27. The molecule has 0 saturated carbocycles. The molecule has 0 spiro atoms. The van der Waals surface area contributed by atoms with E-state index in [-0.39, 0.29) is 12.1 Å². The molecule has 1 aromatic rings. The molecule has 0 radical (unpaired) electrons. The Labute approximate surface area is 114 Å². The molecule has 1 heterocycles. The van der Waals surface area contributed by atoms with Crippen molar-refractivity contribution in [2.45, 2.75) is 25.5 Å². The Morgan fingerprint density at radius 2 is 2.16 bits per heavy atom. The quantitative estimate of drug-likeness (QED) is 0.626. The fourth-order valence-corrected chi connectivity index (χ4v) is 2.58. The van der Waals surface area contributed by atoms with Gasteiger partial charge in [-0.05, 0) is 24.5 Å². The number of nitrogens with one attached hydrogen (secondary N) is 1. The van der Waals surface area contributed by atoms with Crippen LogP contribution in [0, 0.1) is 5.92 Å². The SMILES string of the molecule is COc1ccc(C(NN)C2OCCC2C)c(OC)c1. The maximum absolute atomic E-state index is 5.80. The van der Waals surface area contributed by atoms with Crippen LogP contribution in [0.4, 0.5) is 0 Å². The molecule has 0 aliphatic carbocycles. The Bertz CT molecular complexity index is 425. The molecule has 0 bridgehead atoms. The molecule has 2 rings (SSSR count). The molecule has 1 aliphatic rings. The summed E-state index contributed by atoms with van der Waals surface area (Å²) in [6.45, 7) is 2.96. The van der Waals surface area contributed by atoms with E-state index < -0.39 is 0 Å². The van der Waals surface area contributed by atoms with Crippen molar-refractivity contribution in [1.82, 2.24) is 5.43 Å². The Morgan fingerprint density at radius 3 is 2.68 bits per heavy atom. The minimum absolute atomic E-state index is 0.0623. The predicted octanol–water partition coefficient (Wildman–Crippen LogP) is 1.63. The lowest BCUT2D eigenvalue weighted by molar-refractivity contribution is 0.0599. The number of rotatable bonds is 5. The second kappa shape index (κ2) is 6.23. The van der Waals surface area contributed by atoms with E-state index in [1.807, 2.05) is 18.2 Å². The molecule has 5 nitrogen and oxygen atoms in total. The standard InChI is InChI=1S/C14H22N2O3/c1-9-6-7-19-14(9)13(16-15)11-5-4-10(17-2)8-12(11)18-3/h4-5,8-9,13-14,16H,6-7,15H2,1-3H3. The Balaban J connectivity index is 2.31. The normalized spacial score (nSPS) is 24.2. The van der Waals surface area contributed by atoms with Crippen LogP contribution in [0.25, 0.3) is 0 Å². The number of benzene rings is 1. The summed E-state index contributed by atoms with van der Waals surface area (Å²) in [6, 6.07) is 5.65. The van der Waals surface area contributed by atoms with Gasteiger partial charge in [-0.2, -0.15) is 0 Å². The van der Waals surface area contributed by atoms with Gasteiger partial charge in [0.2, 0.25) is 0 Å². The third-order valence-corrected chi connectivity index (χ3v) is 3.73. The maximum atomic E-state index is 5.80. The molecule has 1 saturated heterocycles. The first-order valence-corrected chi connectivity index (χ1v) is 6.51. The molecular weight excluding hydrogens is 244 g/mol. The molecule has 3 unspecified atom stereocenters. The second-order valence-electron chi connectivity index (χ2n) is 4.85. The zero-order valence-corrected chi connectivity index (χ0v) is 11.7. The van der Waals surface area contributed by atoms with Crippen molar-refractivity contribution in [2.75, 3.05) is 20.8 Å². The summed E-state index contributed by atoms with van der Waals surface area (Å²) >= 11 is 0. The van der Waals surface area contributed by atoms with E-state index in [2.05, 4.69) is 12.3 Å². The monoisotopic (exact) mass is 266 g/mol. The van der Waals surface area contributed by atoms with Gasteiger partial charge in [0.1, 0.15) is 11.5 Å². The minimum Gasteiger partial charge on any atom is -0.497 e. The highest BCUT2D eigenvalue weighted by molar-refractivity contribution is 5.43. The fourth-order valence-electron chi connectivity index (χ4n) is 2.58. The maximum Gasteiger partial charge on any atom is 0.127 e. The molecule has 5 heteroatoms. The number of hydrogen-bond donors (Lipinski definition) is 2. The van der Waals surface area contributed by atoms with E-state index in [0.29, 0.717) is 5.92 Å². The zero-order valence-electron chi connectivity index (χ0n) is 11.7. The molecule has 0 aromatic heterocycles. The van der Waals surface area contributed by atoms with Crippen LogP contribution < -0.4 is 20.7 Å². The molecular formula is C14H22N2O3. The summed E-state index contributed by atoms with van der Waals surface area (Å²) < 4.78 is 16.4. The molecule has 3 N–H and O–H groups in total. The van der Waals surface area contributed by atoms with E-state index in [1.54, 1.807) is 14.2 Å². The summed E-state index contributed by atoms with van der Waals surface area (Å²) in [6.07, 6.45) is 1.12. The van der Waals surface area contributed by atoms with E-state index in [0.717, 1.165) is 30.1 Å². The van der Waals surface area contributed by atoms with E-state index in [4.69, 9.17) is 20.1 Å². The Kier molecular flexibility index (Phi) is 4.63. The number of hydrazine groups is 1. The van der Waals surface area contributed by atoms with Crippen LogP contribution in [0.1, 0.15) is 24.9 Å². The van der Waals surface area contributed by atoms with Gasteiger partial charge in [-0.15, -0.1) is 0 Å². The second-order valence-corrected chi connectivity index (χ2v) is 4.85.